The first-order valence-corrected chi connectivity index (χ1v) is 7.46. The third-order valence-electron chi connectivity index (χ3n) is 3.56. The lowest BCUT2D eigenvalue weighted by Crippen LogP contribution is -1.99. The molecule has 0 radical (unpaired) electrons. The van der Waals surface area contributed by atoms with E-state index in [9.17, 15) is 23.7 Å². The molecule has 3 rings (SSSR count). The van der Waals surface area contributed by atoms with Gasteiger partial charge in [-0.3, -0.25) is 14.9 Å². The number of furan rings is 1. The minimum Gasteiger partial charge on any atom is -0.457 e. The number of nitro groups is 1. The van der Waals surface area contributed by atoms with Gasteiger partial charge in [0.05, 0.1) is 10.5 Å². The maximum Gasteiger partial charge on any atom is 0.270 e. The molecule has 130 valence electrons. The molecule has 7 heteroatoms. The van der Waals surface area contributed by atoms with E-state index in [1.54, 1.807) is 18.2 Å². The summed E-state index contributed by atoms with van der Waals surface area (Å²) < 4.78 is 32.2. The van der Waals surface area contributed by atoms with Crippen molar-refractivity contribution in [2.45, 2.75) is 0 Å². The number of ketones is 1. The van der Waals surface area contributed by atoms with Crippen LogP contribution in [0.4, 0.5) is 14.5 Å². The zero-order chi connectivity index (χ0) is 18.7. The Morgan fingerprint density at radius 2 is 1.88 bits per heavy atom. The molecule has 0 bridgehead atoms. The minimum absolute atomic E-state index is 0.0762. The van der Waals surface area contributed by atoms with Crippen LogP contribution in [0.5, 0.6) is 0 Å². The molecule has 0 amide bonds. The average molecular weight is 355 g/mol. The summed E-state index contributed by atoms with van der Waals surface area (Å²) in [5.41, 5.74) is 0.0424. The molecule has 3 aromatic rings. The van der Waals surface area contributed by atoms with Crippen LogP contribution in [0.3, 0.4) is 0 Å². The van der Waals surface area contributed by atoms with Gasteiger partial charge in [-0.15, -0.1) is 0 Å². The molecule has 2 aromatic carbocycles. The number of nitrogens with zero attached hydrogens (tertiary/aromatic N) is 1. The van der Waals surface area contributed by atoms with Gasteiger partial charge in [0.1, 0.15) is 23.2 Å². The van der Waals surface area contributed by atoms with E-state index >= 15 is 0 Å². The molecule has 0 fully saturated rings. The SMILES string of the molecule is O=C(/C=C/c1ccc(-c2cccc([N+](=O)[O-])c2)o1)c1cc(F)ccc1F. The molecular formula is C19H11F2NO4. The van der Waals surface area contributed by atoms with Crippen molar-refractivity contribution in [2.75, 3.05) is 0 Å². The first kappa shape index (κ1) is 17.2. The molecule has 1 heterocycles. The second-order valence-corrected chi connectivity index (χ2v) is 5.33. The summed E-state index contributed by atoms with van der Waals surface area (Å²) in [4.78, 5) is 22.3. The minimum atomic E-state index is -0.822. The predicted molar refractivity (Wildman–Crippen MR) is 90.5 cm³/mol. The number of non-ortho nitro benzene ring substituents is 1. The van der Waals surface area contributed by atoms with Crippen molar-refractivity contribution < 1.29 is 22.9 Å². The summed E-state index contributed by atoms with van der Waals surface area (Å²) in [6.07, 6.45) is 2.38. The summed E-state index contributed by atoms with van der Waals surface area (Å²) in [5, 5.41) is 10.8. The molecule has 0 aliphatic heterocycles. The van der Waals surface area contributed by atoms with Crippen molar-refractivity contribution in [1.29, 1.82) is 0 Å². The van der Waals surface area contributed by atoms with E-state index in [0.717, 1.165) is 24.3 Å². The third kappa shape index (κ3) is 3.72. The number of carbonyl (C=O) groups is 1. The number of nitro benzene ring substituents is 1. The zero-order valence-corrected chi connectivity index (χ0v) is 13.2. The lowest BCUT2D eigenvalue weighted by molar-refractivity contribution is -0.384. The average Bonchev–Trinajstić information content (AvgIpc) is 3.11. The van der Waals surface area contributed by atoms with Gasteiger partial charge in [-0.1, -0.05) is 12.1 Å². The topological polar surface area (TPSA) is 73.3 Å². The maximum absolute atomic E-state index is 13.6. The van der Waals surface area contributed by atoms with Crippen LogP contribution in [-0.4, -0.2) is 10.7 Å². The van der Waals surface area contributed by atoms with Crippen LogP contribution in [0.2, 0.25) is 0 Å². The summed E-state index contributed by atoms with van der Waals surface area (Å²) in [7, 11) is 0. The van der Waals surface area contributed by atoms with Crippen LogP contribution in [0.25, 0.3) is 17.4 Å². The number of benzene rings is 2. The highest BCUT2D eigenvalue weighted by Gasteiger charge is 2.12. The Hall–Kier alpha value is -3.61. The van der Waals surface area contributed by atoms with E-state index in [4.69, 9.17) is 4.42 Å². The normalized spacial score (nSPS) is 11.0. The molecule has 0 atom stereocenters. The predicted octanol–water partition coefficient (Wildman–Crippen LogP) is 5.03. The lowest BCUT2D eigenvalue weighted by Gasteiger charge is -1.98. The second-order valence-electron chi connectivity index (χ2n) is 5.33. The van der Waals surface area contributed by atoms with Gasteiger partial charge in [0.2, 0.25) is 0 Å². The second kappa shape index (κ2) is 7.10. The van der Waals surface area contributed by atoms with Gasteiger partial charge in [0, 0.05) is 17.7 Å². The number of halogens is 2. The Kier molecular flexibility index (Phi) is 4.70. The van der Waals surface area contributed by atoms with Gasteiger partial charge in [0.25, 0.3) is 5.69 Å². The number of rotatable bonds is 5. The van der Waals surface area contributed by atoms with E-state index < -0.39 is 22.3 Å². The van der Waals surface area contributed by atoms with Crippen molar-refractivity contribution in [3.8, 4) is 11.3 Å². The first-order valence-electron chi connectivity index (χ1n) is 7.46. The highest BCUT2D eigenvalue weighted by Crippen LogP contribution is 2.26. The Morgan fingerprint density at radius 1 is 1.08 bits per heavy atom. The monoisotopic (exact) mass is 355 g/mol. The molecule has 0 N–H and O–H groups in total. The third-order valence-corrected chi connectivity index (χ3v) is 3.56. The molecule has 0 saturated carbocycles. The summed E-state index contributed by atoms with van der Waals surface area (Å²) in [6, 6.07) is 11.7. The number of hydrogen-bond acceptors (Lipinski definition) is 4. The summed E-state index contributed by atoms with van der Waals surface area (Å²) in [5.74, 6) is -1.59. The Balaban J connectivity index is 1.81. The Morgan fingerprint density at radius 3 is 2.65 bits per heavy atom. The fraction of sp³-hybridized carbons (Fsp3) is 0. The summed E-state index contributed by atoms with van der Waals surface area (Å²) in [6.45, 7) is 0. The highest BCUT2D eigenvalue weighted by molar-refractivity contribution is 6.06. The Labute approximate surface area is 146 Å². The van der Waals surface area contributed by atoms with Crippen molar-refractivity contribution in [3.63, 3.8) is 0 Å². The molecule has 26 heavy (non-hydrogen) atoms. The molecule has 0 unspecified atom stereocenters. The zero-order valence-electron chi connectivity index (χ0n) is 13.2. The van der Waals surface area contributed by atoms with E-state index in [2.05, 4.69) is 0 Å². The van der Waals surface area contributed by atoms with Crippen LogP contribution < -0.4 is 0 Å². The van der Waals surface area contributed by atoms with E-state index in [0.29, 0.717) is 11.3 Å². The molecule has 1 aromatic heterocycles. The van der Waals surface area contributed by atoms with Crippen molar-refractivity contribution in [2.24, 2.45) is 0 Å². The fourth-order valence-corrected chi connectivity index (χ4v) is 2.30. The van der Waals surface area contributed by atoms with Crippen LogP contribution in [0.1, 0.15) is 16.1 Å². The largest absolute Gasteiger partial charge is 0.457 e. The van der Waals surface area contributed by atoms with Crippen LogP contribution in [0.15, 0.2) is 65.1 Å². The van der Waals surface area contributed by atoms with Crippen molar-refractivity contribution in [3.05, 3.63) is 93.7 Å². The number of allylic oxidation sites excluding steroid dienone is 1. The van der Waals surface area contributed by atoms with Gasteiger partial charge in [0.15, 0.2) is 5.78 Å². The first-order chi connectivity index (χ1) is 12.4. The van der Waals surface area contributed by atoms with Crippen molar-refractivity contribution >= 4 is 17.5 Å². The van der Waals surface area contributed by atoms with Crippen molar-refractivity contribution in [1.82, 2.24) is 0 Å². The number of carbonyl (C=O) groups excluding carboxylic acids is 1. The van der Waals surface area contributed by atoms with E-state index in [1.165, 1.54) is 24.3 Å². The van der Waals surface area contributed by atoms with Gasteiger partial charge in [-0.2, -0.15) is 0 Å². The lowest BCUT2D eigenvalue weighted by atomic mass is 10.1. The quantitative estimate of drug-likeness (QED) is 0.278. The highest BCUT2D eigenvalue weighted by atomic mass is 19.1. The molecule has 0 aliphatic carbocycles. The van der Waals surface area contributed by atoms with Gasteiger partial charge < -0.3 is 4.42 Å². The Bertz CT molecular complexity index is 1020. The van der Waals surface area contributed by atoms with Gasteiger partial charge in [-0.25, -0.2) is 8.78 Å². The fourth-order valence-electron chi connectivity index (χ4n) is 2.30. The summed E-state index contributed by atoms with van der Waals surface area (Å²) >= 11 is 0. The maximum atomic E-state index is 13.6. The van der Waals surface area contributed by atoms with E-state index in [1.807, 2.05) is 0 Å². The molecule has 0 saturated heterocycles. The smallest absolute Gasteiger partial charge is 0.270 e. The van der Waals surface area contributed by atoms with Gasteiger partial charge in [-0.05, 0) is 42.5 Å². The molecule has 0 spiro atoms. The van der Waals surface area contributed by atoms with E-state index in [-0.39, 0.29) is 17.0 Å². The molecule has 5 nitrogen and oxygen atoms in total. The van der Waals surface area contributed by atoms with Crippen LogP contribution in [0, 0.1) is 21.7 Å². The van der Waals surface area contributed by atoms with Crippen LogP contribution in [-0.2, 0) is 0 Å². The molecular weight excluding hydrogens is 344 g/mol. The van der Waals surface area contributed by atoms with Crippen LogP contribution >= 0.6 is 0 Å². The van der Waals surface area contributed by atoms with Gasteiger partial charge >= 0.3 is 0 Å². The number of hydrogen-bond donors (Lipinski definition) is 0. The molecule has 0 aliphatic rings. The standard InChI is InChI=1S/C19H11F2NO4/c20-13-4-7-17(21)16(11-13)18(23)8-5-15-6-9-19(26-15)12-2-1-3-14(10-12)22(24)25/h1-11H/b8-5+.